The van der Waals surface area contributed by atoms with Gasteiger partial charge in [0, 0.05) is 6.54 Å². The molecule has 4 rings (SSSR count). The average molecular weight is 495 g/mol. The van der Waals surface area contributed by atoms with E-state index in [1.165, 1.54) is 0 Å². The fraction of sp³-hybridized carbons (Fsp3) is 0.292. The molecule has 2 aromatic carbocycles. The van der Waals surface area contributed by atoms with E-state index in [0.29, 0.717) is 35.3 Å². The highest BCUT2D eigenvalue weighted by Gasteiger charge is 2.52. The molecule has 0 bridgehead atoms. The summed E-state index contributed by atoms with van der Waals surface area (Å²) < 4.78 is 7.31. The molecule has 1 atom stereocenters. The fourth-order valence-corrected chi connectivity index (χ4v) is 4.83. The highest BCUT2D eigenvalue weighted by molar-refractivity contribution is 7.99. The lowest BCUT2D eigenvalue weighted by molar-refractivity contribution is -0.138. The van der Waals surface area contributed by atoms with Gasteiger partial charge in [-0.2, -0.15) is 5.01 Å². The molecule has 11 heteroatoms. The molecular formula is C24H26N6O4S. The number of rotatable bonds is 9. The number of amides is 4. The minimum atomic E-state index is -1.22. The van der Waals surface area contributed by atoms with Crippen molar-refractivity contribution >= 4 is 29.6 Å². The van der Waals surface area contributed by atoms with Gasteiger partial charge in [0.2, 0.25) is 5.91 Å². The number of nitrogens with zero attached hydrogens (tertiary/aromatic N) is 4. The molecule has 0 spiro atoms. The zero-order valence-electron chi connectivity index (χ0n) is 19.6. The molecule has 0 aliphatic carbocycles. The van der Waals surface area contributed by atoms with Crippen LogP contribution in [0.1, 0.15) is 25.8 Å². The Hall–Kier alpha value is -3.86. The highest BCUT2D eigenvalue weighted by Crippen LogP contribution is 2.32. The van der Waals surface area contributed by atoms with E-state index in [-0.39, 0.29) is 5.75 Å². The Morgan fingerprint density at radius 3 is 2.49 bits per heavy atom. The third-order valence-corrected chi connectivity index (χ3v) is 6.81. The van der Waals surface area contributed by atoms with Gasteiger partial charge in [-0.1, -0.05) is 61.2 Å². The molecule has 2 heterocycles. The Morgan fingerprint density at radius 2 is 1.80 bits per heavy atom. The second kappa shape index (κ2) is 10.2. The number of carbonyl (C=O) groups excluding carboxylic acids is 3. The van der Waals surface area contributed by atoms with Crippen molar-refractivity contribution in [3.8, 4) is 17.1 Å². The fourth-order valence-electron chi connectivity index (χ4n) is 4.03. The van der Waals surface area contributed by atoms with Crippen LogP contribution in [-0.4, -0.2) is 50.5 Å². The van der Waals surface area contributed by atoms with E-state index in [1.807, 2.05) is 48.7 Å². The van der Waals surface area contributed by atoms with E-state index < -0.39 is 23.4 Å². The zero-order valence-corrected chi connectivity index (χ0v) is 20.5. The maximum absolute atomic E-state index is 13.2. The first-order chi connectivity index (χ1) is 16.9. The summed E-state index contributed by atoms with van der Waals surface area (Å²) in [4.78, 5) is 38.5. The van der Waals surface area contributed by atoms with E-state index in [1.54, 1.807) is 31.4 Å². The number of aromatic nitrogens is 3. The molecule has 4 amide bonds. The van der Waals surface area contributed by atoms with E-state index in [4.69, 9.17) is 4.74 Å². The summed E-state index contributed by atoms with van der Waals surface area (Å²) in [7, 11) is 1.59. The van der Waals surface area contributed by atoms with Crippen molar-refractivity contribution in [3.05, 3.63) is 60.2 Å². The van der Waals surface area contributed by atoms with Gasteiger partial charge in [0.25, 0.3) is 5.91 Å². The standard InChI is InChI=1S/C24H26N6O4S/c1-4-24(16-11-7-6-8-12-16)21(32)30(22(33)25-24)28-19(31)15-35-23-27-26-20(29(23)5-2)17-13-9-10-14-18(17)34-3/h6-14H,4-5,15H2,1-3H3,(H,25,33)(H,28,31). The zero-order chi connectivity index (χ0) is 25.0. The molecule has 182 valence electrons. The number of hydrazine groups is 1. The number of carbonyl (C=O) groups is 3. The predicted molar refractivity (Wildman–Crippen MR) is 130 cm³/mol. The molecule has 1 fully saturated rings. The van der Waals surface area contributed by atoms with Crippen molar-refractivity contribution in [2.24, 2.45) is 0 Å². The molecule has 35 heavy (non-hydrogen) atoms. The molecule has 1 aliphatic heterocycles. The summed E-state index contributed by atoms with van der Waals surface area (Å²) in [6.07, 6.45) is 0.341. The lowest BCUT2D eigenvalue weighted by Crippen LogP contribution is -2.49. The second-order valence-electron chi connectivity index (χ2n) is 7.77. The Bertz CT molecular complexity index is 1250. The largest absolute Gasteiger partial charge is 0.496 e. The van der Waals surface area contributed by atoms with Crippen LogP contribution in [0.25, 0.3) is 11.4 Å². The SMILES string of the molecule is CCn1c(SCC(=O)NN2C(=O)NC(CC)(c3ccccc3)C2=O)nnc1-c1ccccc1OC. The molecule has 1 aliphatic rings. The number of benzene rings is 2. The van der Waals surface area contributed by atoms with Crippen molar-refractivity contribution < 1.29 is 19.1 Å². The molecule has 1 saturated heterocycles. The maximum atomic E-state index is 13.2. The van der Waals surface area contributed by atoms with E-state index in [2.05, 4.69) is 20.9 Å². The monoisotopic (exact) mass is 494 g/mol. The smallest absolute Gasteiger partial charge is 0.344 e. The van der Waals surface area contributed by atoms with Crippen LogP contribution in [0, 0.1) is 0 Å². The second-order valence-corrected chi connectivity index (χ2v) is 8.71. The van der Waals surface area contributed by atoms with Crippen molar-refractivity contribution in [2.45, 2.75) is 37.5 Å². The Balaban J connectivity index is 1.46. The first kappa shape index (κ1) is 24.3. The number of urea groups is 1. The lowest BCUT2D eigenvalue weighted by atomic mass is 9.87. The number of nitrogens with one attached hydrogen (secondary N) is 2. The van der Waals surface area contributed by atoms with Crippen LogP contribution < -0.4 is 15.5 Å². The van der Waals surface area contributed by atoms with Crippen molar-refractivity contribution in [3.63, 3.8) is 0 Å². The molecular weight excluding hydrogens is 468 g/mol. The normalized spacial score (nSPS) is 17.4. The number of thioether (sulfide) groups is 1. The first-order valence-electron chi connectivity index (χ1n) is 11.2. The summed E-state index contributed by atoms with van der Waals surface area (Å²) in [5.74, 6) is 0.191. The van der Waals surface area contributed by atoms with E-state index >= 15 is 0 Å². The van der Waals surface area contributed by atoms with Crippen LogP contribution >= 0.6 is 11.8 Å². The molecule has 1 aromatic heterocycles. The van der Waals surface area contributed by atoms with Gasteiger partial charge in [0.05, 0.1) is 18.4 Å². The van der Waals surface area contributed by atoms with Gasteiger partial charge < -0.3 is 14.6 Å². The number of hydrogen-bond donors (Lipinski definition) is 2. The summed E-state index contributed by atoms with van der Waals surface area (Å²) in [6, 6.07) is 15.8. The minimum absolute atomic E-state index is 0.0639. The van der Waals surface area contributed by atoms with E-state index in [0.717, 1.165) is 22.3 Å². The average Bonchev–Trinajstić information content (AvgIpc) is 3.41. The predicted octanol–water partition coefficient (Wildman–Crippen LogP) is 2.95. The van der Waals surface area contributed by atoms with Crippen LogP contribution in [0.5, 0.6) is 5.75 Å². The Morgan fingerprint density at radius 1 is 1.09 bits per heavy atom. The van der Waals surface area contributed by atoms with Gasteiger partial charge in [-0.05, 0) is 31.0 Å². The molecule has 2 N–H and O–H groups in total. The van der Waals surface area contributed by atoms with E-state index in [9.17, 15) is 14.4 Å². The van der Waals surface area contributed by atoms with Gasteiger partial charge in [-0.3, -0.25) is 15.0 Å². The molecule has 0 radical (unpaired) electrons. The van der Waals surface area contributed by atoms with Crippen molar-refractivity contribution in [2.75, 3.05) is 12.9 Å². The first-order valence-corrected chi connectivity index (χ1v) is 12.1. The Kier molecular flexibility index (Phi) is 7.06. The summed E-state index contributed by atoms with van der Waals surface area (Å²) in [6.45, 7) is 4.34. The van der Waals surface area contributed by atoms with Gasteiger partial charge in [0.1, 0.15) is 11.3 Å². The van der Waals surface area contributed by atoms with Crippen molar-refractivity contribution in [1.29, 1.82) is 0 Å². The van der Waals surface area contributed by atoms with Gasteiger partial charge >= 0.3 is 6.03 Å². The minimum Gasteiger partial charge on any atom is -0.496 e. The molecule has 10 nitrogen and oxygen atoms in total. The highest BCUT2D eigenvalue weighted by atomic mass is 32.2. The topological polar surface area (TPSA) is 118 Å². The van der Waals surface area contributed by atoms with Gasteiger partial charge in [-0.25, -0.2) is 4.79 Å². The van der Waals surface area contributed by atoms with Gasteiger partial charge in [-0.15, -0.1) is 10.2 Å². The Labute approximate surface area is 207 Å². The lowest BCUT2D eigenvalue weighted by Gasteiger charge is -2.25. The van der Waals surface area contributed by atoms with Crippen LogP contribution in [-0.2, 0) is 21.7 Å². The van der Waals surface area contributed by atoms with Crippen LogP contribution in [0.3, 0.4) is 0 Å². The summed E-state index contributed by atoms with van der Waals surface area (Å²) in [5.41, 5.74) is 2.67. The number of hydrogen-bond acceptors (Lipinski definition) is 7. The van der Waals surface area contributed by atoms with Gasteiger partial charge in [0.15, 0.2) is 11.0 Å². The number of imide groups is 1. The maximum Gasteiger partial charge on any atom is 0.344 e. The number of para-hydroxylation sites is 1. The molecule has 3 aromatic rings. The molecule has 1 unspecified atom stereocenters. The van der Waals surface area contributed by atoms with Crippen molar-refractivity contribution in [1.82, 2.24) is 30.5 Å². The summed E-state index contributed by atoms with van der Waals surface area (Å²) in [5, 5.41) is 12.5. The summed E-state index contributed by atoms with van der Waals surface area (Å²) >= 11 is 1.16. The van der Waals surface area contributed by atoms with Crippen LogP contribution in [0.15, 0.2) is 59.8 Å². The number of methoxy groups -OCH3 is 1. The third-order valence-electron chi connectivity index (χ3n) is 5.84. The number of ether oxygens (including phenoxy) is 1. The third kappa shape index (κ3) is 4.46. The molecule has 0 saturated carbocycles. The van der Waals surface area contributed by atoms with Crippen LogP contribution in [0.2, 0.25) is 0 Å². The van der Waals surface area contributed by atoms with Crippen LogP contribution in [0.4, 0.5) is 4.79 Å². The quantitative estimate of drug-likeness (QED) is 0.347.